The molecule has 2 aromatic carbocycles. The Morgan fingerprint density at radius 2 is 1.42 bits per heavy atom. The summed E-state index contributed by atoms with van der Waals surface area (Å²) >= 11 is 4.37. The maximum atomic E-state index is 14.4. The zero-order valence-electron chi connectivity index (χ0n) is 28.0. The van der Waals surface area contributed by atoms with Gasteiger partial charge in [0.05, 0.1) is 0 Å². The van der Waals surface area contributed by atoms with Gasteiger partial charge in [-0.05, 0) is 71.6 Å². The normalized spacial score (nSPS) is 13.6. The van der Waals surface area contributed by atoms with E-state index < -0.39 is 53.2 Å². The van der Waals surface area contributed by atoms with Crippen molar-refractivity contribution in [1.82, 2.24) is 15.5 Å². The number of unbranched alkanes of at least 4 members (excludes halogenated alkanes) is 2. The average molecular weight is 642 g/mol. The maximum Gasteiger partial charge on any atom is 0.408 e. The maximum absolute atomic E-state index is 14.4. The third-order valence-electron chi connectivity index (χ3n) is 6.79. The van der Waals surface area contributed by atoms with E-state index in [2.05, 4.69) is 23.3 Å². The molecule has 3 atom stereocenters. The van der Waals surface area contributed by atoms with Gasteiger partial charge in [-0.15, -0.1) is 0 Å². The first kappa shape index (κ1) is 37.7. The number of esters is 1. The lowest BCUT2D eigenvalue weighted by Crippen LogP contribution is -2.55. The van der Waals surface area contributed by atoms with Crippen molar-refractivity contribution >= 4 is 36.5 Å². The number of rotatable bonds is 14. The Morgan fingerprint density at radius 1 is 0.822 bits per heavy atom. The molecule has 0 aliphatic carbocycles. The SMILES string of the molecule is CCCCCN(C(=O)C(CS)NC(=O)OC(C)(C)C)C(C(=O)NC(Cc1ccccc1)C(=O)OC(C)(C)C)c1ccccc1C. The second kappa shape index (κ2) is 17.2. The zero-order chi connectivity index (χ0) is 33.8. The first-order valence-corrected chi connectivity index (χ1v) is 16.2. The van der Waals surface area contributed by atoms with Gasteiger partial charge in [-0.3, -0.25) is 9.59 Å². The minimum Gasteiger partial charge on any atom is -0.458 e. The number of hydrogen-bond donors (Lipinski definition) is 3. The molecular formula is C35H51N3O6S. The fourth-order valence-corrected chi connectivity index (χ4v) is 4.99. The molecule has 0 saturated carbocycles. The summed E-state index contributed by atoms with van der Waals surface area (Å²) in [6.45, 7) is 14.7. The van der Waals surface area contributed by atoms with Gasteiger partial charge in [0.1, 0.15) is 29.3 Å². The van der Waals surface area contributed by atoms with Crippen LogP contribution in [0.1, 0.15) is 90.5 Å². The third kappa shape index (κ3) is 12.8. The number of hydrogen-bond acceptors (Lipinski definition) is 7. The lowest BCUT2D eigenvalue weighted by atomic mass is 9.97. The van der Waals surface area contributed by atoms with Crippen LogP contribution in [0.3, 0.4) is 0 Å². The van der Waals surface area contributed by atoms with Gasteiger partial charge in [0, 0.05) is 18.7 Å². The fourth-order valence-electron chi connectivity index (χ4n) is 4.75. The summed E-state index contributed by atoms with van der Waals surface area (Å²) in [6, 6.07) is 13.5. The summed E-state index contributed by atoms with van der Waals surface area (Å²) in [4.78, 5) is 56.3. The fraction of sp³-hybridized carbons (Fsp3) is 0.543. The summed E-state index contributed by atoms with van der Waals surface area (Å²) < 4.78 is 11.1. The summed E-state index contributed by atoms with van der Waals surface area (Å²) in [7, 11) is 0. The Labute approximate surface area is 274 Å². The summed E-state index contributed by atoms with van der Waals surface area (Å²) in [5, 5.41) is 5.57. The van der Waals surface area contributed by atoms with Crippen LogP contribution in [0.5, 0.6) is 0 Å². The molecule has 2 N–H and O–H groups in total. The van der Waals surface area contributed by atoms with Gasteiger partial charge >= 0.3 is 12.1 Å². The van der Waals surface area contributed by atoms with Gasteiger partial charge < -0.3 is 25.0 Å². The van der Waals surface area contributed by atoms with Gasteiger partial charge in [-0.2, -0.15) is 12.6 Å². The van der Waals surface area contributed by atoms with E-state index >= 15 is 0 Å². The number of thiol groups is 1. The van der Waals surface area contributed by atoms with Crippen LogP contribution in [0.4, 0.5) is 4.79 Å². The van der Waals surface area contributed by atoms with Gasteiger partial charge in [0.25, 0.3) is 0 Å². The molecule has 0 saturated heterocycles. The Morgan fingerprint density at radius 3 is 1.98 bits per heavy atom. The van der Waals surface area contributed by atoms with E-state index in [4.69, 9.17) is 9.47 Å². The van der Waals surface area contributed by atoms with Crippen molar-refractivity contribution in [3.63, 3.8) is 0 Å². The van der Waals surface area contributed by atoms with Gasteiger partial charge in [0.15, 0.2) is 0 Å². The van der Waals surface area contributed by atoms with Gasteiger partial charge in [-0.25, -0.2) is 9.59 Å². The van der Waals surface area contributed by atoms with Crippen LogP contribution in [0.15, 0.2) is 54.6 Å². The molecule has 0 aliphatic heterocycles. The van der Waals surface area contributed by atoms with Crippen LogP contribution in [0.25, 0.3) is 0 Å². The lowest BCUT2D eigenvalue weighted by Gasteiger charge is -2.35. The Bertz CT molecular complexity index is 1270. The number of nitrogens with zero attached hydrogens (tertiary/aromatic N) is 1. The quantitative estimate of drug-likeness (QED) is 0.134. The second-order valence-corrected chi connectivity index (χ2v) is 13.5. The molecule has 45 heavy (non-hydrogen) atoms. The van der Waals surface area contributed by atoms with Crippen molar-refractivity contribution in [3.8, 4) is 0 Å². The number of amides is 3. The van der Waals surface area contributed by atoms with E-state index in [1.165, 1.54) is 4.90 Å². The molecule has 0 aliphatic rings. The highest BCUT2D eigenvalue weighted by Gasteiger charge is 2.38. The molecule has 0 bridgehead atoms. The molecule has 0 radical (unpaired) electrons. The largest absolute Gasteiger partial charge is 0.458 e. The number of carbonyl (C=O) groups is 4. The van der Waals surface area contributed by atoms with Gasteiger partial charge in [0.2, 0.25) is 11.8 Å². The molecule has 0 fully saturated rings. The smallest absolute Gasteiger partial charge is 0.408 e. The Hall–Kier alpha value is -3.53. The molecule has 0 aromatic heterocycles. The summed E-state index contributed by atoms with van der Waals surface area (Å²) in [5.41, 5.74) is 0.701. The van der Waals surface area contributed by atoms with Crippen LogP contribution in [-0.2, 0) is 30.3 Å². The van der Waals surface area contributed by atoms with E-state index in [1.54, 1.807) is 47.6 Å². The molecule has 0 spiro atoms. The highest BCUT2D eigenvalue weighted by molar-refractivity contribution is 7.80. The van der Waals surface area contributed by atoms with Crippen LogP contribution < -0.4 is 10.6 Å². The molecule has 10 heteroatoms. The first-order chi connectivity index (χ1) is 21.1. The molecule has 3 amide bonds. The lowest BCUT2D eigenvalue weighted by molar-refractivity contribution is -0.159. The van der Waals surface area contributed by atoms with Gasteiger partial charge in [-0.1, -0.05) is 74.4 Å². The number of aryl methyl sites for hydroxylation is 1. The topological polar surface area (TPSA) is 114 Å². The summed E-state index contributed by atoms with van der Waals surface area (Å²) in [5.74, 6) is -1.60. The van der Waals surface area contributed by atoms with E-state index in [0.717, 1.165) is 24.0 Å². The molecule has 2 rings (SSSR count). The molecular weight excluding hydrogens is 590 g/mol. The highest BCUT2D eigenvalue weighted by Crippen LogP contribution is 2.27. The molecule has 0 heterocycles. The molecule has 248 valence electrons. The van der Waals surface area contributed by atoms with Crippen LogP contribution in [0, 0.1) is 6.92 Å². The van der Waals surface area contributed by atoms with Crippen LogP contribution in [-0.4, -0.2) is 64.4 Å². The molecule has 9 nitrogen and oxygen atoms in total. The predicted octanol–water partition coefficient (Wildman–Crippen LogP) is 5.95. The Balaban J connectivity index is 2.57. The standard InChI is InChI=1S/C35H51N3O6S/c1-9-10-16-21-38(31(40)28(23-45)37-33(42)44-35(6,7)8)29(26-20-15-14-17-24(26)2)30(39)36-27(32(41)43-34(3,4)5)22-25-18-12-11-13-19-25/h11-15,17-20,27-29,45H,9-10,16,21-23H2,1-8H3,(H,36,39)(H,37,42). The van der Waals surface area contributed by atoms with Crippen molar-refractivity contribution in [2.45, 2.75) is 110 Å². The number of alkyl carbamates (subject to hydrolysis) is 1. The number of benzene rings is 2. The van der Waals surface area contributed by atoms with E-state index in [0.29, 0.717) is 12.0 Å². The van der Waals surface area contributed by atoms with Crippen molar-refractivity contribution in [3.05, 3.63) is 71.3 Å². The van der Waals surface area contributed by atoms with E-state index in [-0.39, 0.29) is 18.7 Å². The highest BCUT2D eigenvalue weighted by atomic mass is 32.1. The van der Waals surface area contributed by atoms with Crippen molar-refractivity contribution < 1.29 is 28.7 Å². The number of ether oxygens (including phenoxy) is 2. The number of nitrogens with one attached hydrogen (secondary N) is 2. The minimum atomic E-state index is -1.10. The number of carbonyl (C=O) groups excluding carboxylic acids is 4. The second-order valence-electron chi connectivity index (χ2n) is 13.2. The van der Waals surface area contributed by atoms with Crippen molar-refractivity contribution in [1.29, 1.82) is 0 Å². The molecule has 2 aromatic rings. The van der Waals surface area contributed by atoms with E-state index in [9.17, 15) is 19.2 Å². The van der Waals surface area contributed by atoms with Crippen molar-refractivity contribution in [2.75, 3.05) is 12.3 Å². The first-order valence-electron chi connectivity index (χ1n) is 15.6. The van der Waals surface area contributed by atoms with Crippen molar-refractivity contribution in [2.24, 2.45) is 0 Å². The van der Waals surface area contributed by atoms with E-state index in [1.807, 2.05) is 62.4 Å². The average Bonchev–Trinajstić information content (AvgIpc) is 2.94. The molecule has 3 unspecified atom stereocenters. The third-order valence-corrected chi connectivity index (χ3v) is 7.16. The summed E-state index contributed by atoms with van der Waals surface area (Å²) in [6.07, 6.45) is 1.79. The minimum absolute atomic E-state index is 0.0149. The Kier molecular flexibility index (Phi) is 14.4. The van der Waals surface area contributed by atoms with Crippen LogP contribution in [0.2, 0.25) is 0 Å². The monoisotopic (exact) mass is 641 g/mol. The predicted molar refractivity (Wildman–Crippen MR) is 180 cm³/mol. The van der Waals surface area contributed by atoms with Crippen LogP contribution >= 0.6 is 12.6 Å². The zero-order valence-corrected chi connectivity index (χ0v) is 28.9.